The normalized spacial score (nSPS) is 11.8. The summed E-state index contributed by atoms with van der Waals surface area (Å²) in [6.07, 6.45) is 1.81. The molecule has 27 heavy (non-hydrogen) atoms. The highest BCUT2D eigenvalue weighted by atomic mass is 16.3. The van der Waals surface area contributed by atoms with Crippen molar-refractivity contribution in [2.75, 3.05) is 0 Å². The van der Waals surface area contributed by atoms with Gasteiger partial charge in [0.2, 0.25) is 0 Å². The summed E-state index contributed by atoms with van der Waals surface area (Å²) in [5, 5.41) is 8.66. The van der Waals surface area contributed by atoms with Crippen molar-refractivity contribution in [2.45, 2.75) is 46.5 Å². The topological polar surface area (TPSA) is 56.7 Å². The van der Waals surface area contributed by atoms with Crippen LogP contribution in [0.4, 0.5) is 0 Å². The quantitative estimate of drug-likeness (QED) is 0.473. The summed E-state index contributed by atoms with van der Waals surface area (Å²) in [7, 11) is 0. The summed E-state index contributed by atoms with van der Waals surface area (Å²) in [4.78, 5) is 4.45. The van der Waals surface area contributed by atoms with Gasteiger partial charge in [-0.3, -0.25) is 4.57 Å². The molecule has 4 aromatic rings. The second-order valence-corrected chi connectivity index (χ2v) is 7.53. The van der Waals surface area contributed by atoms with Crippen LogP contribution < -0.4 is 0 Å². The Kier molecular flexibility index (Phi) is 4.30. The van der Waals surface area contributed by atoms with Crippen molar-refractivity contribution >= 4 is 11.1 Å². The van der Waals surface area contributed by atoms with E-state index in [0.717, 1.165) is 22.5 Å². The number of aryl methyl sites for hydroxylation is 1. The highest BCUT2D eigenvalue weighted by Gasteiger charge is 2.19. The number of oxazole rings is 1. The van der Waals surface area contributed by atoms with Gasteiger partial charge in [0.05, 0.1) is 5.69 Å². The van der Waals surface area contributed by atoms with Crippen molar-refractivity contribution in [2.24, 2.45) is 0 Å². The van der Waals surface area contributed by atoms with Crippen LogP contribution in [0, 0.1) is 6.92 Å². The first-order chi connectivity index (χ1) is 13.0. The Morgan fingerprint density at radius 3 is 2.33 bits per heavy atom. The number of benzene rings is 2. The van der Waals surface area contributed by atoms with Crippen LogP contribution in [0.25, 0.3) is 28.2 Å². The van der Waals surface area contributed by atoms with E-state index in [1.807, 2.05) is 25.1 Å². The summed E-state index contributed by atoms with van der Waals surface area (Å²) in [5.41, 5.74) is 6.36. The summed E-state index contributed by atoms with van der Waals surface area (Å²) in [6, 6.07) is 12.5. The van der Waals surface area contributed by atoms with Crippen LogP contribution in [-0.4, -0.2) is 19.7 Å². The lowest BCUT2D eigenvalue weighted by Crippen LogP contribution is -2.07. The Morgan fingerprint density at radius 2 is 1.67 bits per heavy atom. The average Bonchev–Trinajstić information content (AvgIpc) is 3.25. The van der Waals surface area contributed by atoms with Gasteiger partial charge in [-0.15, -0.1) is 10.2 Å². The van der Waals surface area contributed by atoms with E-state index in [2.05, 4.69) is 65.6 Å². The average molecular weight is 360 g/mol. The van der Waals surface area contributed by atoms with Gasteiger partial charge in [0.15, 0.2) is 17.3 Å². The van der Waals surface area contributed by atoms with Crippen molar-refractivity contribution in [3.05, 3.63) is 59.7 Å². The van der Waals surface area contributed by atoms with Crippen LogP contribution in [0.3, 0.4) is 0 Å². The first-order valence-electron chi connectivity index (χ1n) is 9.36. The molecule has 5 heteroatoms. The third-order valence-electron chi connectivity index (χ3n) is 4.88. The fraction of sp³-hybridized carbons (Fsp3) is 0.318. The van der Waals surface area contributed by atoms with E-state index in [9.17, 15) is 0 Å². The molecule has 138 valence electrons. The molecule has 0 saturated carbocycles. The van der Waals surface area contributed by atoms with E-state index < -0.39 is 0 Å². The van der Waals surface area contributed by atoms with E-state index in [-0.39, 0.29) is 0 Å². The zero-order valence-electron chi connectivity index (χ0n) is 16.4. The van der Waals surface area contributed by atoms with Crippen LogP contribution in [0.2, 0.25) is 0 Å². The lowest BCUT2D eigenvalue weighted by molar-refractivity contribution is 0.561. The smallest absolute Gasteiger partial charge is 0.192 e. The van der Waals surface area contributed by atoms with Crippen LogP contribution >= 0.6 is 0 Å². The second kappa shape index (κ2) is 6.65. The van der Waals surface area contributed by atoms with Crippen LogP contribution in [0.5, 0.6) is 0 Å². The molecule has 2 aromatic carbocycles. The molecule has 4 rings (SSSR count). The molecular formula is C22H24N4O. The molecule has 2 aromatic heterocycles. The number of hydrogen-bond acceptors (Lipinski definition) is 4. The molecule has 0 bridgehead atoms. The summed E-state index contributed by atoms with van der Waals surface area (Å²) in [6.45, 7) is 10.7. The molecule has 5 nitrogen and oxygen atoms in total. The maximum atomic E-state index is 5.60. The van der Waals surface area contributed by atoms with Crippen LogP contribution in [-0.2, 0) is 0 Å². The molecular weight excluding hydrogens is 336 g/mol. The number of nitrogens with zero attached hydrogens (tertiary/aromatic N) is 4. The number of rotatable bonds is 4. The second-order valence-electron chi connectivity index (χ2n) is 7.53. The monoisotopic (exact) mass is 360 g/mol. The fourth-order valence-corrected chi connectivity index (χ4v) is 3.57. The molecule has 0 radical (unpaired) electrons. The van der Waals surface area contributed by atoms with Gasteiger partial charge < -0.3 is 4.42 Å². The van der Waals surface area contributed by atoms with Gasteiger partial charge in [0.25, 0.3) is 0 Å². The van der Waals surface area contributed by atoms with Gasteiger partial charge in [-0.2, -0.15) is 0 Å². The van der Waals surface area contributed by atoms with E-state index >= 15 is 0 Å². The molecule has 2 heterocycles. The van der Waals surface area contributed by atoms with Gasteiger partial charge in [-0.05, 0) is 41.2 Å². The predicted octanol–water partition coefficient (Wildman–Crippen LogP) is 5.63. The number of hydrogen-bond donors (Lipinski definition) is 0. The van der Waals surface area contributed by atoms with Gasteiger partial charge in [0.1, 0.15) is 11.8 Å². The van der Waals surface area contributed by atoms with Crippen molar-refractivity contribution < 1.29 is 4.42 Å². The zero-order chi connectivity index (χ0) is 19.1. The molecule has 0 amide bonds. The van der Waals surface area contributed by atoms with Crippen molar-refractivity contribution in [1.82, 2.24) is 19.7 Å². The molecule has 0 aliphatic heterocycles. The van der Waals surface area contributed by atoms with Crippen LogP contribution in [0.15, 0.2) is 47.1 Å². The molecule has 0 N–H and O–H groups in total. The fourth-order valence-electron chi connectivity index (χ4n) is 3.57. The molecule has 0 atom stereocenters. The first-order valence-corrected chi connectivity index (χ1v) is 9.36. The molecule has 0 fully saturated rings. The maximum Gasteiger partial charge on any atom is 0.192 e. The largest absolute Gasteiger partial charge is 0.441 e. The third-order valence-corrected chi connectivity index (χ3v) is 4.88. The SMILES string of the molecule is Cc1nc2cc(-c3nncn3-c3c(C(C)C)cccc3C(C)C)ccc2o1. The number of aromatic nitrogens is 4. The Hall–Kier alpha value is -2.95. The minimum absolute atomic E-state index is 0.398. The van der Waals surface area contributed by atoms with E-state index in [0.29, 0.717) is 17.7 Å². The minimum Gasteiger partial charge on any atom is -0.441 e. The van der Waals surface area contributed by atoms with Gasteiger partial charge in [-0.1, -0.05) is 45.9 Å². The number of para-hydroxylation sites is 1. The number of fused-ring (bicyclic) bond motifs is 1. The standard InChI is InChI=1S/C22H24N4O/c1-13(2)17-7-6-8-18(14(3)4)21(17)26-12-23-25-22(26)16-9-10-20-19(11-16)24-15(5)27-20/h6-14H,1-5H3. The van der Waals surface area contributed by atoms with Crippen LogP contribution in [0.1, 0.15) is 56.5 Å². The summed E-state index contributed by atoms with van der Waals surface area (Å²) >= 11 is 0. The Morgan fingerprint density at radius 1 is 0.963 bits per heavy atom. The molecule has 0 aliphatic rings. The van der Waals surface area contributed by atoms with Crippen molar-refractivity contribution in [3.63, 3.8) is 0 Å². The Balaban J connectivity index is 1.94. The molecule has 0 saturated heterocycles. The predicted molar refractivity (Wildman–Crippen MR) is 107 cm³/mol. The highest BCUT2D eigenvalue weighted by molar-refractivity contribution is 5.79. The minimum atomic E-state index is 0.398. The van der Waals surface area contributed by atoms with Crippen molar-refractivity contribution in [1.29, 1.82) is 0 Å². The molecule has 0 spiro atoms. The van der Waals surface area contributed by atoms with Gasteiger partial charge in [-0.25, -0.2) is 4.98 Å². The lowest BCUT2D eigenvalue weighted by Gasteiger charge is -2.21. The zero-order valence-corrected chi connectivity index (χ0v) is 16.4. The highest BCUT2D eigenvalue weighted by Crippen LogP contribution is 2.34. The van der Waals surface area contributed by atoms with E-state index in [1.54, 1.807) is 6.33 Å². The molecule has 0 aliphatic carbocycles. The van der Waals surface area contributed by atoms with Gasteiger partial charge in [0, 0.05) is 12.5 Å². The lowest BCUT2D eigenvalue weighted by atomic mass is 9.92. The van der Waals surface area contributed by atoms with Crippen molar-refractivity contribution in [3.8, 4) is 17.1 Å². The summed E-state index contributed by atoms with van der Waals surface area (Å²) < 4.78 is 7.71. The summed E-state index contributed by atoms with van der Waals surface area (Å²) in [5.74, 6) is 2.27. The third kappa shape index (κ3) is 3.03. The van der Waals surface area contributed by atoms with E-state index in [1.165, 1.54) is 16.8 Å². The molecule has 0 unspecified atom stereocenters. The van der Waals surface area contributed by atoms with Gasteiger partial charge >= 0.3 is 0 Å². The Bertz CT molecular complexity index is 1080. The van der Waals surface area contributed by atoms with E-state index in [4.69, 9.17) is 4.42 Å². The maximum absolute atomic E-state index is 5.60. The first kappa shape index (κ1) is 17.5. The Labute approximate surface area is 159 Å².